The molecule has 1 aliphatic heterocycles. The van der Waals surface area contributed by atoms with Crippen LogP contribution in [0, 0.1) is 0 Å². The molecule has 5 heteroatoms. The average molecular weight is 166 g/mol. The fourth-order valence-electron chi connectivity index (χ4n) is 0.668. The van der Waals surface area contributed by atoms with Gasteiger partial charge in [-0.05, 0) is 0 Å². The number of epoxide rings is 1. The summed E-state index contributed by atoms with van der Waals surface area (Å²) in [5.41, 5.74) is 0. The predicted molar refractivity (Wildman–Crippen MR) is 34.9 cm³/mol. The minimum atomic E-state index is -3.36. The average Bonchev–Trinajstić information content (AvgIpc) is 2.45. The van der Waals surface area contributed by atoms with Gasteiger partial charge in [-0.1, -0.05) is 6.92 Å². The Morgan fingerprint density at radius 3 is 2.30 bits per heavy atom. The molecule has 1 unspecified atom stereocenters. The van der Waals surface area contributed by atoms with Crippen LogP contribution in [0.25, 0.3) is 0 Å². The fourth-order valence-corrected chi connectivity index (χ4v) is 1.43. The summed E-state index contributed by atoms with van der Waals surface area (Å²) in [5.74, 6) is -0.812. The highest BCUT2D eigenvalue weighted by atomic mass is 32.2. The van der Waals surface area contributed by atoms with Gasteiger partial charge in [0.1, 0.15) is 6.61 Å². The molecule has 4 nitrogen and oxygen atoms in total. The Hall–Kier alpha value is -0.130. The Kier molecular flexibility index (Phi) is 1.74. The summed E-state index contributed by atoms with van der Waals surface area (Å²) in [4.78, 5) is 0. The van der Waals surface area contributed by atoms with Crippen LogP contribution in [0.15, 0.2) is 0 Å². The molecule has 1 fully saturated rings. The van der Waals surface area contributed by atoms with Crippen LogP contribution in [0.5, 0.6) is 0 Å². The first-order valence-electron chi connectivity index (χ1n) is 3.02. The third kappa shape index (κ3) is 1.93. The Morgan fingerprint density at radius 1 is 1.70 bits per heavy atom. The third-order valence-electron chi connectivity index (χ3n) is 1.31. The van der Waals surface area contributed by atoms with Crippen LogP contribution in [0.4, 0.5) is 0 Å². The zero-order valence-corrected chi connectivity index (χ0v) is 6.77. The van der Waals surface area contributed by atoms with E-state index in [1.54, 1.807) is 0 Å². The second-order valence-electron chi connectivity index (χ2n) is 2.34. The van der Waals surface area contributed by atoms with Crippen LogP contribution in [0.3, 0.4) is 0 Å². The van der Waals surface area contributed by atoms with E-state index in [1.807, 2.05) is 6.92 Å². The molecule has 0 bridgehead atoms. The van der Waals surface area contributed by atoms with Gasteiger partial charge in [-0.2, -0.15) is 8.42 Å². The van der Waals surface area contributed by atoms with E-state index in [2.05, 4.69) is 4.18 Å². The van der Waals surface area contributed by atoms with Crippen LogP contribution in [0.1, 0.15) is 13.3 Å². The number of hydrogen-bond donors (Lipinski definition) is 0. The minimum Gasteiger partial charge on any atom is -0.341 e. The van der Waals surface area contributed by atoms with Crippen LogP contribution in [-0.2, 0) is 19.0 Å². The van der Waals surface area contributed by atoms with Crippen LogP contribution < -0.4 is 0 Å². The molecule has 0 saturated carbocycles. The maximum absolute atomic E-state index is 10.5. The normalized spacial score (nSPS) is 32.2. The smallest absolute Gasteiger partial charge is 0.267 e. The van der Waals surface area contributed by atoms with Gasteiger partial charge in [0.2, 0.25) is 5.79 Å². The summed E-state index contributed by atoms with van der Waals surface area (Å²) in [6.07, 6.45) is 1.59. The largest absolute Gasteiger partial charge is 0.341 e. The molecule has 0 N–H and O–H groups in total. The number of rotatable bonds is 3. The summed E-state index contributed by atoms with van der Waals surface area (Å²) in [5, 5.41) is 0. The van der Waals surface area contributed by atoms with Gasteiger partial charge in [-0.25, -0.2) is 4.18 Å². The Morgan fingerprint density at radius 2 is 2.20 bits per heavy atom. The zero-order valence-electron chi connectivity index (χ0n) is 5.96. The molecule has 0 aromatic heterocycles. The first-order valence-corrected chi connectivity index (χ1v) is 4.84. The van der Waals surface area contributed by atoms with Crippen LogP contribution >= 0.6 is 0 Å². The van der Waals surface area contributed by atoms with Gasteiger partial charge in [0.15, 0.2) is 0 Å². The van der Waals surface area contributed by atoms with E-state index in [-0.39, 0.29) is 0 Å². The van der Waals surface area contributed by atoms with Crippen molar-refractivity contribution in [2.45, 2.75) is 19.1 Å². The summed E-state index contributed by atoms with van der Waals surface area (Å²) in [6, 6.07) is 0. The number of hydrogen-bond acceptors (Lipinski definition) is 4. The van der Waals surface area contributed by atoms with Crippen molar-refractivity contribution >= 4 is 10.1 Å². The maximum atomic E-state index is 10.5. The first-order chi connectivity index (χ1) is 4.47. The lowest BCUT2D eigenvalue weighted by molar-refractivity contribution is 0.0665. The molecular formula is C5H10O4S. The van der Waals surface area contributed by atoms with Crippen molar-refractivity contribution < 1.29 is 17.3 Å². The van der Waals surface area contributed by atoms with E-state index in [0.717, 1.165) is 6.26 Å². The van der Waals surface area contributed by atoms with Crippen LogP contribution in [-0.4, -0.2) is 27.1 Å². The molecule has 0 radical (unpaired) electrons. The van der Waals surface area contributed by atoms with E-state index in [9.17, 15) is 8.42 Å². The molecule has 1 saturated heterocycles. The van der Waals surface area contributed by atoms with Gasteiger partial charge in [0.05, 0.1) is 6.26 Å². The first kappa shape index (κ1) is 7.97. The molecule has 0 aliphatic carbocycles. The predicted octanol–water partition coefficient (Wildman–Crippen LogP) is 0.0991. The van der Waals surface area contributed by atoms with Gasteiger partial charge < -0.3 is 4.74 Å². The van der Waals surface area contributed by atoms with Crippen molar-refractivity contribution in [2.24, 2.45) is 0 Å². The molecule has 0 amide bonds. The Balaban J connectivity index is 2.54. The van der Waals surface area contributed by atoms with Gasteiger partial charge in [0.25, 0.3) is 10.1 Å². The highest BCUT2D eigenvalue weighted by molar-refractivity contribution is 7.86. The SMILES string of the molecule is CCC1(OS(C)(=O)=O)CO1. The molecule has 60 valence electrons. The zero-order chi connectivity index (χ0) is 7.83. The standard InChI is InChI=1S/C5H10O4S/c1-3-5(4-8-5)9-10(2,6)7/h3-4H2,1-2H3. The van der Waals surface area contributed by atoms with E-state index < -0.39 is 15.9 Å². The van der Waals surface area contributed by atoms with E-state index in [0.29, 0.717) is 13.0 Å². The Bertz CT molecular complexity index is 214. The second-order valence-corrected chi connectivity index (χ2v) is 3.92. The van der Waals surface area contributed by atoms with Crippen molar-refractivity contribution in [1.29, 1.82) is 0 Å². The molecule has 1 atom stereocenters. The lowest BCUT2D eigenvalue weighted by Crippen LogP contribution is -2.19. The van der Waals surface area contributed by atoms with Crippen molar-refractivity contribution in [3.05, 3.63) is 0 Å². The molecule has 1 aliphatic rings. The molecule has 0 aromatic rings. The van der Waals surface area contributed by atoms with Gasteiger partial charge >= 0.3 is 0 Å². The van der Waals surface area contributed by atoms with E-state index in [4.69, 9.17) is 4.74 Å². The van der Waals surface area contributed by atoms with Crippen molar-refractivity contribution in [3.8, 4) is 0 Å². The third-order valence-corrected chi connectivity index (χ3v) is 1.91. The summed E-state index contributed by atoms with van der Waals surface area (Å²) in [7, 11) is -3.36. The fraction of sp³-hybridized carbons (Fsp3) is 1.00. The van der Waals surface area contributed by atoms with E-state index in [1.165, 1.54) is 0 Å². The number of ether oxygens (including phenoxy) is 1. The minimum absolute atomic E-state index is 0.385. The summed E-state index contributed by atoms with van der Waals surface area (Å²) >= 11 is 0. The van der Waals surface area contributed by atoms with Crippen molar-refractivity contribution in [2.75, 3.05) is 12.9 Å². The van der Waals surface area contributed by atoms with Gasteiger partial charge in [0, 0.05) is 6.42 Å². The topological polar surface area (TPSA) is 55.9 Å². The molecule has 0 spiro atoms. The van der Waals surface area contributed by atoms with Crippen LogP contribution in [0.2, 0.25) is 0 Å². The molecule has 10 heavy (non-hydrogen) atoms. The Labute approximate surface area is 60.3 Å². The highest BCUT2D eigenvalue weighted by Crippen LogP contribution is 2.33. The van der Waals surface area contributed by atoms with E-state index >= 15 is 0 Å². The van der Waals surface area contributed by atoms with Gasteiger partial charge in [-0.3, -0.25) is 0 Å². The lowest BCUT2D eigenvalue weighted by Gasteiger charge is -2.06. The van der Waals surface area contributed by atoms with Gasteiger partial charge in [-0.15, -0.1) is 0 Å². The molecule has 0 aromatic carbocycles. The molecule has 1 rings (SSSR count). The maximum Gasteiger partial charge on any atom is 0.267 e. The highest BCUT2D eigenvalue weighted by Gasteiger charge is 2.47. The lowest BCUT2D eigenvalue weighted by atomic mass is 10.3. The monoisotopic (exact) mass is 166 g/mol. The quantitative estimate of drug-likeness (QED) is 0.440. The molecule has 1 heterocycles. The summed E-state index contributed by atoms with van der Waals surface area (Å²) in [6.45, 7) is 2.20. The molecular weight excluding hydrogens is 156 g/mol. The second kappa shape index (κ2) is 2.18. The van der Waals surface area contributed by atoms with Crippen molar-refractivity contribution in [1.82, 2.24) is 0 Å². The van der Waals surface area contributed by atoms with Crippen molar-refractivity contribution in [3.63, 3.8) is 0 Å². The summed E-state index contributed by atoms with van der Waals surface area (Å²) < 4.78 is 30.5.